The SMILES string of the molecule is NCC[C@@H]1CC[C@H](O)C1. The first-order valence-electron chi connectivity index (χ1n) is 3.71. The Bertz CT molecular complexity index is 83.0. The van der Waals surface area contributed by atoms with Gasteiger partial charge >= 0.3 is 0 Å². The van der Waals surface area contributed by atoms with Gasteiger partial charge in [-0.05, 0) is 38.1 Å². The lowest BCUT2D eigenvalue weighted by Gasteiger charge is -2.04. The van der Waals surface area contributed by atoms with E-state index in [0.29, 0.717) is 5.92 Å². The minimum Gasteiger partial charge on any atom is -0.393 e. The van der Waals surface area contributed by atoms with E-state index in [9.17, 15) is 0 Å². The molecule has 0 radical (unpaired) electrons. The molecule has 0 amide bonds. The lowest BCUT2D eigenvalue weighted by atomic mass is 10.0. The predicted molar refractivity (Wildman–Crippen MR) is 37.0 cm³/mol. The minimum atomic E-state index is -0.0263. The topological polar surface area (TPSA) is 46.2 Å². The van der Waals surface area contributed by atoms with E-state index in [1.165, 1.54) is 6.42 Å². The van der Waals surface area contributed by atoms with Crippen molar-refractivity contribution in [1.82, 2.24) is 0 Å². The average Bonchev–Trinajstić information content (AvgIpc) is 2.17. The summed E-state index contributed by atoms with van der Waals surface area (Å²) in [4.78, 5) is 0. The van der Waals surface area contributed by atoms with Crippen LogP contribution in [0.2, 0.25) is 0 Å². The molecule has 1 rings (SSSR count). The van der Waals surface area contributed by atoms with Gasteiger partial charge in [-0.2, -0.15) is 0 Å². The summed E-state index contributed by atoms with van der Waals surface area (Å²) in [6.45, 7) is 0.775. The highest BCUT2D eigenvalue weighted by atomic mass is 16.3. The molecule has 54 valence electrons. The van der Waals surface area contributed by atoms with Crippen molar-refractivity contribution in [2.75, 3.05) is 6.54 Å². The highest BCUT2D eigenvalue weighted by Gasteiger charge is 2.21. The maximum absolute atomic E-state index is 9.09. The van der Waals surface area contributed by atoms with Gasteiger partial charge in [0.2, 0.25) is 0 Å². The Hall–Kier alpha value is -0.0800. The van der Waals surface area contributed by atoms with Gasteiger partial charge in [-0.3, -0.25) is 0 Å². The molecule has 3 N–H and O–H groups in total. The Balaban J connectivity index is 2.14. The van der Waals surface area contributed by atoms with Crippen molar-refractivity contribution in [2.45, 2.75) is 31.8 Å². The summed E-state index contributed by atoms with van der Waals surface area (Å²) in [5.74, 6) is 0.713. The maximum Gasteiger partial charge on any atom is 0.0543 e. The zero-order valence-corrected chi connectivity index (χ0v) is 5.71. The molecule has 2 atom stereocenters. The summed E-state index contributed by atoms with van der Waals surface area (Å²) in [6, 6.07) is 0. The molecule has 1 aliphatic rings. The van der Waals surface area contributed by atoms with Gasteiger partial charge in [0.1, 0.15) is 0 Å². The molecule has 2 nitrogen and oxygen atoms in total. The third kappa shape index (κ3) is 1.95. The lowest BCUT2D eigenvalue weighted by Crippen LogP contribution is -2.06. The number of hydrogen-bond acceptors (Lipinski definition) is 2. The number of hydrogen-bond donors (Lipinski definition) is 2. The van der Waals surface area contributed by atoms with Crippen molar-refractivity contribution in [2.24, 2.45) is 11.7 Å². The van der Waals surface area contributed by atoms with Gasteiger partial charge in [0, 0.05) is 0 Å². The third-order valence-electron chi connectivity index (χ3n) is 2.09. The Morgan fingerprint density at radius 2 is 2.22 bits per heavy atom. The summed E-state index contributed by atoms with van der Waals surface area (Å²) in [5, 5.41) is 9.09. The van der Waals surface area contributed by atoms with E-state index in [2.05, 4.69) is 0 Å². The monoisotopic (exact) mass is 129 g/mol. The summed E-state index contributed by atoms with van der Waals surface area (Å²) >= 11 is 0. The summed E-state index contributed by atoms with van der Waals surface area (Å²) in [7, 11) is 0. The summed E-state index contributed by atoms with van der Waals surface area (Å²) < 4.78 is 0. The van der Waals surface area contributed by atoms with Crippen LogP contribution in [0.5, 0.6) is 0 Å². The fourth-order valence-corrected chi connectivity index (χ4v) is 1.55. The van der Waals surface area contributed by atoms with E-state index in [0.717, 1.165) is 25.8 Å². The summed E-state index contributed by atoms with van der Waals surface area (Å²) in [5.41, 5.74) is 5.37. The van der Waals surface area contributed by atoms with Crippen LogP contribution in [0.25, 0.3) is 0 Å². The maximum atomic E-state index is 9.09. The first-order valence-corrected chi connectivity index (χ1v) is 3.71. The zero-order chi connectivity index (χ0) is 6.69. The Morgan fingerprint density at radius 3 is 2.67 bits per heavy atom. The molecule has 0 unspecified atom stereocenters. The lowest BCUT2D eigenvalue weighted by molar-refractivity contribution is 0.177. The second kappa shape index (κ2) is 3.18. The van der Waals surface area contributed by atoms with Crippen LogP contribution in [0.1, 0.15) is 25.7 Å². The molecule has 0 aliphatic heterocycles. The van der Waals surface area contributed by atoms with Gasteiger partial charge in [-0.1, -0.05) is 0 Å². The Morgan fingerprint density at radius 1 is 1.44 bits per heavy atom. The molecule has 0 saturated heterocycles. The van der Waals surface area contributed by atoms with Crippen molar-refractivity contribution in [3.05, 3.63) is 0 Å². The molecule has 1 fully saturated rings. The van der Waals surface area contributed by atoms with Crippen LogP contribution in [0.15, 0.2) is 0 Å². The number of rotatable bonds is 2. The second-order valence-corrected chi connectivity index (χ2v) is 2.91. The van der Waals surface area contributed by atoms with Crippen LogP contribution >= 0.6 is 0 Å². The van der Waals surface area contributed by atoms with Crippen LogP contribution in [0.3, 0.4) is 0 Å². The molecule has 0 spiro atoms. The van der Waals surface area contributed by atoms with Crippen LogP contribution in [0.4, 0.5) is 0 Å². The highest BCUT2D eigenvalue weighted by molar-refractivity contribution is 4.74. The van der Waals surface area contributed by atoms with E-state index in [4.69, 9.17) is 10.8 Å². The molecular weight excluding hydrogens is 114 g/mol. The summed E-state index contributed by atoms with van der Waals surface area (Å²) in [6.07, 6.45) is 4.22. The first-order chi connectivity index (χ1) is 4.33. The molecule has 0 heterocycles. The van der Waals surface area contributed by atoms with Crippen LogP contribution in [-0.4, -0.2) is 17.8 Å². The molecule has 0 bridgehead atoms. The van der Waals surface area contributed by atoms with E-state index >= 15 is 0 Å². The standard InChI is InChI=1S/C7H15NO/c8-4-3-6-1-2-7(9)5-6/h6-7,9H,1-5,8H2/t6-,7-/m0/s1. The van der Waals surface area contributed by atoms with E-state index in [-0.39, 0.29) is 6.10 Å². The number of nitrogens with two attached hydrogens (primary N) is 1. The highest BCUT2D eigenvalue weighted by Crippen LogP contribution is 2.27. The fourth-order valence-electron chi connectivity index (χ4n) is 1.55. The molecule has 1 aliphatic carbocycles. The van der Waals surface area contributed by atoms with Crippen molar-refractivity contribution < 1.29 is 5.11 Å². The van der Waals surface area contributed by atoms with Gasteiger partial charge in [0.25, 0.3) is 0 Å². The fraction of sp³-hybridized carbons (Fsp3) is 1.00. The first kappa shape index (κ1) is 7.03. The molecule has 9 heavy (non-hydrogen) atoms. The average molecular weight is 129 g/mol. The Labute approximate surface area is 56.1 Å². The van der Waals surface area contributed by atoms with Crippen molar-refractivity contribution in [1.29, 1.82) is 0 Å². The van der Waals surface area contributed by atoms with E-state index in [1.54, 1.807) is 0 Å². The largest absolute Gasteiger partial charge is 0.393 e. The van der Waals surface area contributed by atoms with Gasteiger partial charge in [-0.15, -0.1) is 0 Å². The quantitative estimate of drug-likeness (QED) is 0.570. The van der Waals surface area contributed by atoms with Crippen LogP contribution in [-0.2, 0) is 0 Å². The molecule has 2 heteroatoms. The Kier molecular flexibility index (Phi) is 2.49. The zero-order valence-electron chi connectivity index (χ0n) is 5.71. The van der Waals surface area contributed by atoms with Gasteiger partial charge in [0.05, 0.1) is 6.10 Å². The van der Waals surface area contributed by atoms with Gasteiger partial charge in [0.15, 0.2) is 0 Å². The molecule has 1 saturated carbocycles. The van der Waals surface area contributed by atoms with Gasteiger partial charge in [-0.25, -0.2) is 0 Å². The minimum absolute atomic E-state index is 0.0263. The normalized spacial score (nSPS) is 35.3. The van der Waals surface area contributed by atoms with Crippen LogP contribution < -0.4 is 5.73 Å². The second-order valence-electron chi connectivity index (χ2n) is 2.91. The van der Waals surface area contributed by atoms with E-state index < -0.39 is 0 Å². The predicted octanol–water partition coefficient (Wildman–Crippen LogP) is 0.496. The molecule has 0 aromatic carbocycles. The van der Waals surface area contributed by atoms with E-state index in [1.807, 2.05) is 0 Å². The van der Waals surface area contributed by atoms with Crippen LogP contribution in [0, 0.1) is 5.92 Å². The smallest absolute Gasteiger partial charge is 0.0543 e. The third-order valence-corrected chi connectivity index (χ3v) is 2.09. The van der Waals surface area contributed by atoms with Crippen molar-refractivity contribution >= 4 is 0 Å². The molecular formula is C7H15NO. The number of aliphatic hydroxyl groups excluding tert-OH is 1. The van der Waals surface area contributed by atoms with Gasteiger partial charge < -0.3 is 10.8 Å². The molecule has 0 aromatic heterocycles. The van der Waals surface area contributed by atoms with Crippen molar-refractivity contribution in [3.63, 3.8) is 0 Å². The molecule has 0 aromatic rings. The number of aliphatic hydroxyl groups is 1. The van der Waals surface area contributed by atoms with Crippen molar-refractivity contribution in [3.8, 4) is 0 Å².